The molecule has 0 saturated heterocycles. The fourth-order valence-electron chi connectivity index (χ4n) is 3.57. The molecule has 0 atom stereocenters. The smallest absolute Gasteiger partial charge is 0.234 e. The van der Waals surface area contributed by atoms with Gasteiger partial charge in [-0.15, -0.1) is 10.2 Å². The van der Waals surface area contributed by atoms with E-state index in [2.05, 4.69) is 52.9 Å². The van der Waals surface area contributed by atoms with Crippen molar-refractivity contribution in [2.75, 3.05) is 16.4 Å². The van der Waals surface area contributed by atoms with Crippen molar-refractivity contribution in [1.82, 2.24) is 14.6 Å². The number of hydrogen-bond donors (Lipinski definition) is 2. The molecule has 2 aromatic heterocycles. The van der Waals surface area contributed by atoms with Crippen LogP contribution in [-0.4, -0.2) is 32.2 Å². The summed E-state index contributed by atoms with van der Waals surface area (Å²) in [6, 6.07) is 13.4. The third-order valence-electron chi connectivity index (χ3n) is 5.03. The van der Waals surface area contributed by atoms with E-state index in [4.69, 9.17) is 0 Å². The summed E-state index contributed by atoms with van der Waals surface area (Å²) in [6.45, 7) is 7.64. The number of fused-ring (bicyclic) bond motifs is 3. The SMILES string of the molecule is CC(=O)Nc1ccc(NC(=O)CSc2nnc3c(C)cc4c(C)ccc(C)c4n23)cc1. The zero-order valence-corrected chi connectivity index (χ0v) is 18.6. The lowest BCUT2D eigenvalue weighted by molar-refractivity contribution is -0.114. The highest BCUT2D eigenvalue weighted by molar-refractivity contribution is 7.99. The van der Waals surface area contributed by atoms with Crippen LogP contribution in [0.3, 0.4) is 0 Å². The maximum absolute atomic E-state index is 12.5. The Morgan fingerprint density at radius 2 is 1.55 bits per heavy atom. The van der Waals surface area contributed by atoms with Crippen molar-refractivity contribution in [3.8, 4) is 0 Å². The number of nitrogens with one attached hydrogen (secondary N) is 2. The first-order valence-electron chi connectivity index (χ1n) is 9.88. The molecule has 0 aliphatic heterocycles. The third kappa shape index (κ3) is 4.25. The highest BCUT2D eigenvalue weighted by atomic mass is 32.2. The molecule has 8 heteroatoms. The topological polar surface area (TPSA) is 88.4 Å². The zero-order valence-electron chi connectivity index (χ0n) is 17.8. The number of benzene rings is 2. The Hall–Kier alpha value is -3.39. The van der Waals surface area contributed by atoms with Crippen LogP contribution in [0.1, 0.15) is 23.6 Å². The van der Waals surface area contributed by atoms with Gasteiger partial charge in [0.1, 0.15) is 0 Å². The molecule has 31 heavy (non-hydrogen) atoms. The van der Waals surface area contributed by atoms with Crippen molar-refractivity contribution in [3.05, 3.63) is 59.2 Å². The molecular weight excluding hydrogens is 410 g/mol. The molecule has 0 radical (unpaired) electrons. The number of anilines is 2. The van der Waals surface area contributed by atoms with Crippen LogP contribution >= 0.6 is 11.8 Å². The van der Waals surface area contributed by atoms with Crippen LogP contribution < -0.4 is 10.6 Å². The van der Waals surface area contributed by atoms with Crippen LogP contribution in [0.15, 0.2) is 47.6 Å². The molecule has 2 N–H and O–H groups in total. The van der Waals surface area contributed by atoms with Gasteiger partial charge >= 0.3 is 0 Å². The monoisotopic (exact) mass is 433 g/mol. The van der Waals surface area contributed by atoms with E-state index in [0.717, 1.165) is 27.7 Å². The molecule has 2 heterocycles. The second-order valence-corrected chi connectivity index (χ2v) is 8.47. The van der Waals surface area contributed by atoms with Crippen molar-refractivity contribution in [1.29, 1.82) is 0 Å². The van der Waals surface area contributed by atoms with E-state index in [1.165, 1.54) is 24.2 Å². The van der Waals surface area contributed by atoms with Gasteiger partial charge in [0.05, 0.1) is 11.3 Å². The lowest BCUT2D eigenvalue weighted by Crippen LogP contribution is -2.14. The molecule has 2 aromatic carbocycles. The summed E-state index contributed by atoms with van der Waals surface area (Å²) in [5.41, 5.74) is 6.59. The van der Waals surface area contributed by atoms with Gasteiger partial charge in [-0.3, -0.25) is 14.0 Å². The summed E-state index contributed by atoms with van der Waals surface area (Å²) in [5, 5.41) is 16.1. The molecule has 0 aliphatic rings. The van der Waals surface area contributed by atoms with E-state index in [1.807, 2.05) is 11.3 Å². The number of aromatic nitrogens is 3. The maximum atomic E-state index is 12.5. The summed E-state index contributed by atoms with van der Waals surface area (Å²) in [5.74, 6) is -0.0741. The molecule has 2 amide bonds. The Balaban J connectivity index is 1.55. The molecule has 0 spiro atoms. The van der Waals surface area contributed by atoms with Crippen molar-refractivity contribution in [3.63, 3.8) is 0 Å². The van der Waals surface area contributed by atoms with Gasteiger partial charge < -0.3 is 10.6 Å². The first kappa shape index (κ1) is 20.9. The molecule has 7 nitrogen and oxygen atoms in total. The van der Waals surface area contributed by atoms with Crippen LogP contribution in [0.25, 0.3) is 16.6 Å². The predicted molar refractivity (Wildman–Crippen MR) is 125 cm³/mol. The van der Waals surface area contributed by atoms with Gasteiger partial charge in [0.2, 0.25) is 11.8 Å². The number of pyridine rings is 1. The average molecular weight is 434 g/mol. The van der Waals surface area contributed by atoms with Crippen molar-refractivity contribution >= 4 is 51.5 Å². The second kappa shape index (κ2) is 8.39. The first-order chi connectivity index (χ1) is 14.8. The number of aryl methyl sites for hydroxylation is 3. The average Bonchev–Trinajstić information content (AvgIpc) is 3.15. The fraction of sp³-hybridized carbons (Fsp3) is 0.217. The quantitative estimate of drug-likeness (QED) is 0.453. The maximum Gasteiger partial charge on any atom is 0.234 e. The van der Waals surface area contributed by atoms with Crippen LogP contribution in [0.2, 0.25) is 0 Å². The van der Waals surface area contributed by atoms with Crippen LogP contribution in [0.4, 0.5) is 11.4 Å². The lowest BCUT2D eigenvalue weighted by atomic mass is 10.0. The Kier molecular flexibility index (Phi) is 5.65. The van der Waals surface area contributed by atoms with Crippen molar-refractivity contribution in [2.24, 2.45) is 0 Å². The number of carbonyl (C=O) groups excluding carboxylic acids is 2. The summed E-state index contributed by atoms with van der Waals surface area (Å²) in [7, 11) is 0. The normalized spacial score (nSPS) is 11.1. The largest absolute Gasteiger partial charge is 0.326 e. The van der Waals surface area contributed by atoms with Gasteiger partial charge in [-0.25, -0.2) is 0 Å². The number of rotatable bonds is 5. The van der Waals surface area contributed by atoms with Gasteiger partial charge in [-0.05, 0) is 67.8 Å². The Labute approximate surface area is 184 Å². The number of amides is 2. The van der Waals surface area contributed by atoms with Gasteiger partial charge in [0.15, 0.2) is 10.8 Å². The van der Waals surface area contributed by atoms with E-state index < -0.39 is 0 Å². The number of carbonyl (C=O) groups is 2. The highest BCUT2D eigenvalue weighted by Gasteiger charge is 2.16. The Morgan fingerprint density at radius 3 is 2.23 bits per heavy atom. The van der Waals surface area contributed by atoms with Gasteiger partial charge in [-0.1, -0.05) is 23.9 Å². The second-order valence-electron chi connectivity index (χ2n) is 7.53. The van der Waals surface area contributed by atoms with Gasteiger partial charge in [-0.2, -0.15) is 0 Å². The van der Waals surface area contributed by atoms with Gasteiger partial charge in [0, 0.05) is 23.7 Å². The van der Waals surface area contributed by atoms with Crippen LogP contribution in [0.5, 0.6) is 0 Å². The molecule has 4 aromatic rings. The van der Waals surface area contributed by atoms with Gasteiger partial charge in [0.25, 0.3) is 0 Å². The van der Waals surface area contributed by atoms with E-state index in [9.17, 15) is 9.59 Å². The predicted octanol–water partition coefficient (Wildman–Crippen LogP) is 4.50. The summed E-state index contributed by atoms with van der Waals surface area (Å²) in [4.78, 5) is 23.6. The number of thioether (sulfide) groups is 1. The van der Waals surface area contributed by atoms with Crippen LogP contribution in [0, 0.1) is 20.8 Å². The minimum atomic E-state index is -0.140. The number of nitrogens with zero attached hydrogens (tertiary/aromatic N) is 3. The summed E-state index contributed by atoms with van der Waals surface area (Å²) < 4.78 is 2.05. The lowest BCUT2D eigenvalue weighted by Gasteiger charge is -2.11. The minimum absolute atomic E-state index is 0.137. The molecule has 0 bridgehead atoms. The fourth-order valence-corrected chi connectivity index (χ4v) is 4.30. The zero-order chi connectivity index (χ0) is 22.1. The molecule has 0 saturated carbocycles. The van der Waals surface area contributed by atoms with Crippen molar-refractivity contribution < 1.29 is 9.59 Å². The summed E-state index contributed by atoms with van der Waals surface area (Å²) in [6.07, 6.45) is 0. The molecule has 0 aliphatic carbocycles. The Morgan fingerprint density at radius 1 is 0.903 bits per heavy atom. The molecule has 0 fully saturated rings. The van der Waals surface area contributed by atoms with E-state index in [0.29, 0.717) is 16.5 Å². The molecule has 0 unspecified atom stereocenters. The Bertz CT molecular complexity index is 1310. The van der Waals surface area contributed by atoms with E-state index in [-0.39, 0.29) is 17.6 Å². The molecule has 158 valence electrons. The first-order valence-corrected chi connectivity index (χ1v) is 10.9. The minimum Gasteiger partial charge on any atom is -0.326 e. The third-order valence-corrected chi connectivity index (χ3v) is 5.96. The number of hydrogen-bond acceptors (Lipinski definition) is 5. The summed E-state index contributed by atoms with van der Waals surface area (Å²) >= 11 is 1.35. The van der Waals surface area contributed by atoms with Crippen molar-refractivity contribution in [2.45, 2.75) is 32.9 Å². The molecular formula is C23H23N5O2S. The van der Waals surface area contributed by atoms with E-state index >= 15 is 0 Å². The van der Waals surface area contributed by atoms with E-state index in [1.54, 1.807) is 24.3 Å². The standard InChI is InChI=1S/C23H23N5O2S/c1-13-5-6-14(2)21-19(13)11-15(3)22-26-27-23(28(21)22)31-12-20(30)25-18-9-7-17(8-10-18)24-16(4)29/h5-11H,12H2,1-4H3,(H,24,29)(H,25,30). The highest BCUT2D eigenvalue weighted by Crippen LogP contribution is 2.29. The molecule has 4 rings (SSSR count). The van der Waals surface area contributed by atoms with Crippen LogP contribution in [-0.2, 0) is 9.59 Å².